The van der Waals surface area contributed by atoms with Gasteiger partial charge in [0.25, 0.3) is 0 Å². The first kappa shape index (κ1) is 12.8. The summed E-state index contributed by atoms with van der Waals surface area (Å²) in [6, 6.07) is 5.64. The van der Waals surface area contributed by atoms with Gasteiger partial charge in [0.2, 0.25) is 0 Å². The van der Waals surface area contributed by atoms with Gasteiger partial charge in [0.05, 0.1) is 0 Å². The quantitative estimate of drug-likeness (QED) is 0.922. The number of hydrogen-bond donors (Lipinski definition) is 1. The van der Waals surface area contributed by atoms with Crippen molar-refractivity contribution < 1.29 is 4.39 Å². The predicted octanol–water partition coefficient (Wildman–Crippen LogP) is 3.62. The Morgan fingerprint density at radius 2 is 2.37 bits per heavy atom. The molecule has 2 nitrogen and oxygen atoms in total. The Labute approximate surface area is 116 Å². The van der Waals surface area contributed by atoms with Crippen LogP contribution in [-0.4, -0.2) is 4.98 Å². The van der Waals surface area contributed by atoms with E-state index in [-0.39, 0.29) is 11.9 Å². The monoisotopic (exact) mass is 276 g/mol. The molecule has 4 heteroatoms. The maximum absolute atomic E-state index is 13.6. The van der Waals surface area contributed by atoms with Crippen LogP contribution in [0.1, 0.15) is 40.4 Å². The van der Waals surface area contributed by atoms with Gasteiger partial charge in [-0.2, -0.15) is 0 Å². The second-order valence-electron chi connectivity index (χ2n) is 4.85. The van der Waals surface area contributed by atoms with Crippen LogP contribution in [0.15, 0.2) is 24.4 Å². The van der Waals surface area contributed by atoms with Crippen LogP contribution in [-0.2, 0) is 19.4 Å². The molecule has 0 fully saturated rings. The fourth-order valence-corrected chi connectivity index (χ4v) is 3.44. The van der Waals surface area contributed by atoms with E-state index in [1.165, 1.54) is 4.88 Å². The molecule has 0 saturated heterocycles. The molecule has 1 aromatic heterocycles. The van der Waals surface area contributed by atoms with Crippen LogP contribution in [0.3, 0.4) is 0 Å². The molecule has 19 heavy (non-hydrogen) atoms. The molecule has 0 spiro atoms. The van der Waals surface area contributed by atoms with E-state index in [2.05, 4.69) is 17.2 Å². The van der Waals surface area contributed by atoms with Crippen molar-refractivity contribution in [2.75, 3.05) is 0 Å². The molecule has 0 radical (unpaired) electrons. The van der Waals surface area contributed by atoms with Crippen molar-refractivity contribution in [3.8, 4) is 0 Å². The van der Waals surface area contributed by atoms with Crippen molar-refractivity contribution in [3.63, 3.8) is 0 Å². The molecule has 1 aromatic carbocycles. The number of nitrogens with one attached hydrogen (secondary N) is 1. The highest BCUT2D eigenvalue weighted by molar-refractivity contribution is 7.11. The maximum atomic E-state index is 13.6. The normalized spacial score (nSPS) is 17.7. The zero-order valence-corrected chi connectivity index (χ0v) is 11.8. The Morgan fingerprint density at radius 3 is 3.16 bits per heavy atom. The Kier molecular flexibility index (Phi) is 3.62. The largest absolute Gasteiger partial charge is 0.304 e. The number of aryl methyl sites for hydroxylation is 1. The number of fused-ring (bicyclic) bond motifs is 1. The van der Waals surface area contributed by atoms with Gasteiger partial charge in [0, 0.05) is 23.7 Å². The van der Waals surface area contributed by atoms with Crippen LogP contribution in [0.25, 0.3) is 0 Å². The average molecular weight is 276 g/mol. The Hall–Kier alpha value is -1.26. The predicted molar refractivity (Wildman–Crippen MR) is 75.8 cm³/mol. The van der Waals surface area contributed by atoms with Crippen LogP contribution in [0.2, 0.25) is 0 Å². The highest BCUT2D eigenvalue weighted by atomic mass is 32.1. The lowest BCUT2D eigenvalue weighted by Crippen LogP contribution is -2.18. The molecule has 0 aliphatic heterocycles. The van der Waals surface area contributed by atoms with Crippen LogP contribution in [0.4, 0.5) is 4.39 Å². The summed E-state index contributed by atoms with van der Waals surface area (Å²) in [5.74, 6) is -0.0654. The van der Waals surface area contributed by atoms with E-state index in [1.54, 1.807) is 23.5 Å². The first-order chi connectivity index (χ1) is 9.28. The van der Waals surface area contributed by atoms with E-state index in [0.29, 0.717) is 0 Å². The summed E-state index contributed by atoms with van der Waals surface area (Å²) < 4.78 is 13.6. The van der Waals surface area contributed by atoms with Crippen molar-refractivity contribution in [3.05, 3.63) is 51.2 Å². The topological polar surface area (TPSA) is 24.9 Å². The number of nitrogens with zero attached hydrogens (tertiary/aromatic N) is 1. The number of hydrogen-bond acceptors (Lipinski definition) is 3. The van der Waals surface area contributed by atoms with Crippen molar-refractivity contribution in [1.82, 2.24) is 10.3 Å². The molecule has 0 bridgehead atoms. The van der Waals surface area contributed by atoms with Crippen LogP contribution >= 0.6 is 11.3 Å². The van der Waals surface area contributed by atoms with Crippen molar-refractivity contribution in [2.24, 2.45) is 0 Å². The van der Waals surface area contributed by atoms with E-state index in [9.17, 15) is 4.39 Å². The Morgan fingerprint density at radius 1 is 1.47 bits per heavy atom. The number of thiazole rings is 1. The third-order valence-corrected chi connectivity index (χ3v) is 4.80. The van der Waals surface area contributed by atoms with Gasteiger partial charge in [-0.1, -0.05) is 19.1 Å². The molecule has 1 atom stereocenters. The lowest BCUT2D eigenvalue weighted by molar-refractivity contribution is 0.529. The minimum absolute atomic E-state index is 0.0654. The molecule has 0 amide bonds. The Balaban J connectivity index is 1.68. The molecule has 1 heterocycles. The zero-order chi connectivity index (χ0) is 13.2. The second-order valence-corrected chi connectivity index (χ2v) is 6.05. The summed E-state index contributed by atoms with van der Waals surface area (Å²) in [5, 5.41) is 4.61. The van der Waals surface area contributed by atoms with Crippen LogP contribution in [0, 0.1) is 5.82 Å². The zero-order valence-electron chi connectivity index (χ0n) is 10.9. The van der Waals surface area contributed by atoms with Crippen molar-refractivity contribution in [1.29, 1.82) is 0 Å². The molecule has 100 valence electrons. The minimum atomic E-state index is -0.0654. The molecule has 1 N–H and O–H groups in total. The minimum Gasteiger partial charge on any atom is -0.304 e. The molecular weight excluding hydrogens is 259 g/mol. The lowest BCUT2D eigenvalue weighted by Gasteiger charge is -2.12. The molecular formula is C15H17FN2S. The molecule has 3 rings (SSSR count). The summed E-state index contributed by atoms with van der Waals surface area (Å²) in [6.45, 7) is 2.91. The second kappa shape index (κ2) is 5.39. The van der Waals surface area contributed by atoms with Crippen molar-refractivity contribution >= 4 is 11.3 Å². The first-order valence-corrected chi connectivity index (χ1v) is 7.54. The lowest BCUT2D eigenvalue weighted by atomic mass is 10.1. The van der Waals surface area contributed by atoms with Gasteiger partial charge in [-0.15, -0.1) is 11.3 Å². The standard InChI is InChI=1S/C15H17FN2S/c1-2-10-8-18-15(19-10)9-17-14-7-6-11-12(14)4-3-5-13(11)16/h3-5,8,14,17H,2,6-7,9H2,1H3. The molecule has 1 unspecified atom stereocenters. The average Bonchev–Trinajstić information content (AvgIpc) is 3.03. The first-order valence-electron chi connectivity index (χ1n) is 6.72. The summed E-state index contributed by atoms with van der Waals surface area (Å²) >= 11 is 1.75. The highest BCUT2D eigenvalue weighted by Gasteiger charge is 2.24. The van der Waals surface area contributed by atoms with Gasteiger partial charge in [0.1, 0.15) is 10.8 Å². The van der Waals surface area contributed by atoms with Crippen LogP contribution < -0.4 is 5.32 Å². The van der Waals surface area contributed by atoms with E-state index in [4.69, 9.17) is 0 Å². The SMILES string of the molecule is CCc1cnc(CNC2CCc3c(F)cccc32)s1. The number of halogens is 1. The Bertz CT molecular complexity index is 579. The van der Waals surface area contributed by atoms with Gasteiger partial charge in [-0.3, -0.25) is 0 Å². The highest BCUT2D eigenvalue weighted by Crippen LogP contribution is 2.32. The molecule has 0 saturated carbocycles. The smallest absolute Gasteiger partial charge is 0.126 e. The summed E-state index contributed by atoms with van der Waals surface area (Å²) in [5.41, 5.74) is 2.00. The number of aromatic nitrogens is 1. The van der Waals surface area contributed by atoms with E-state index >= 15 is 0 Å². The number of benzene rings is 1. The van der Waals surface area contributed by atoms with Crippen molar-refractivity contribution in [2.45, 2.75) is 38.8 Å². The van der Waals surface area contributed by atoms with E-state index in [0.717, 1.165) is 41.9 Å². The molecule has 1 aliphatic rings. The van der Waals surface area contributed by atoms with Gasteiger partial charge in [-0.25, -0.2) is 9.37 Å². The van der Waals surface area contributed by atoms with E-state index in [1.807, 2.05) is 12.3 Å². The fourth-order valence-electron chi connectivity index (χ4n) is 2.63. The summed E-state index contributed by atoms with van der Waals surface area (Å²) in [6.07, 6.45) is 4.79. The maximum Gasteiger partial charge on any atom is 0.126 e. The van der Waals surface area contributed by atoms with Gasteiger partial charge >= 0.3 is 0 Å². The van der Waals surface area contributed by atoms with E-state index < -0.39 is 0 Å². The summed E-state index contributed by atoms with van der Waals surface area (Å²) in [4.78, 5) is 5.72. The van der Waals surface area contributed by atoms with Gasteiger partial charge in [0.15, 0.2) is 0 Å². The molecule has 2 aromatic rings. The van der Waals surface area contributed by atoms with Gasteiger partial charge in [-0.05, 0) is 36.5 Å². The van der Waals surface area contributed by atoms with Crippen LogP contribution in [0.5, 0.6) is 0 Å². The molecule has 1 aliphatic carbocycles. The third kappa shape index (κ3) is 2.55. The van der Waals surface area contributed by atoms with Gasteiger partial charge < -0.3 is 5.32 Å². The third-order valence-electron chi connectivity index (χ3n) is 3.66. The fraction of sp³-hybridized carbons (Fsp3) is 0.400. The summed E-state index contributed by atoms with van der Waals surface area (Å²) in [7, 11) is 0. The number of rotatable bonds is 4.